The van der Waals surface area contributed by atoms with Crippen LogP contribution in [0.5, 0.6) is 0 Å². The maximum Gasteiger partial charge on any atom is 0.258 e. The Morgan fingerprint density at radius 2 is 2.04 bits per heavy atom. The molecule has 0 fully saturated rings. The molecule has 120 valence electrons. The number of hydrogen-bond acceptors (Lipinski definition) is 5. The van der Waals surface area contributed by atoms with Crippen LogP contribution in [0.2, 0.25) is 0 Å². The van der Waals surface area contributed by atoms with Crippen LogP contribution < -0.4 is 5.32 Å². The summed E-state index contributed by atoms with van der Waals surface area (Å²) >= 11 is 0. The number of aryl methyl sites for hydroxylation is 3. The van der Waals surface area contributed by atoms with Crippen molar-refractivity contribution in [3.8, 4) is 0 Å². The molecule has 0 atom stereocenters. The molecule has 0 radical (unpaired) electrons. The topological polar surface area (TPSA) is 101 Å². The van der Waals surface area contributed by atoms with E-state index in [2.05, 4.69) is 30.6 Å². The van der Waals surface area contributed by atoms with E-state index < -0.39 is 0 Å². The van der Waals surface area contributed by atoms with E-state index in [9.17, 15) is 4.79 Å². The fourth-order valence-electron chi connectivity index (χ4n) is 2.51. The molecule has 0 aromatic carbocycles. The molecule has 0 aliphatic heterocycles. The zero-order valence-electron chi connectivity index (χ0n) is 13.8. The van der Waals surface area contributed by atoms with E-state index in [1.807, 2.05) is 34.7 Å². The van der Waals surface area contributed by atoms with Gasteiger partial charge < -0.3 is 0 Å². The number of carbonyl (C=O) groups is 1. The van der Waals surface area contributed by atoms with Crippen molar-refractivity contribution < 1.29 is 4.79 Å². The molecule has 2 N–H and O–H groups in total. The highest BCUT2D eigenvalue weighted by atomic mass is 16.1. The van der Waals surface area contributed by atoms with E-state index in [0.717, 1.165) is 22.6 Å². The molecule has 0 aliphatic rings. The molecule has 8 heteroatoms. The molecule has 1 amide bonds. The second kappa shape index (κ2) is 5.45. The normalized spacial score (nSPS) is 11.4. The number of aromatic amines is 1. The first-order valence-corrected chi connectivity index (χ1v) is 7.41. The highest BCUT2D eigenvalue weighted by molar-refractivity contribution is 6.12. The summed E-state index contributed by atoms with van der Waals surface area (Å²) in [5.74, 6) is 0.936. The number of rotatable bonds is 3. The Hall–Kier alpha value is -2.77. The Kier molecular flexibility index (Phi) is 3.59. The average molecular weight is 313 g/mol. The average Bonchev–Trinajstić information content (AvgIpc) is 3.04. The van der Waals surface area contributed by atoms with Gasteiger partial charge in [0.2, 0.25) is 5.95 Å². The molecular weight excluding hydrogens is 294 g/mol. The number of anilines is 1. The van der Waals surface area contributed by atoms with E-state index in [4.69, 9.17) is 0 Å². The number of amides is 1. The second-order valence-electron chi connectivity index (χ2n) is 5.87. The van der Waals surface area contributed by atoms with Crippen LogP contribution in [0.4, 0.5) is 5.95 Å². The van der Waals surface area contributed by atoms with Crippen LogP contribution in [0, 0.1) is 13.8 Å². The van der Waals surface area contributed by atoms with Gasteiger partial charge in [-0.25, -0.2) is 4.98 Å². The molecule has 0 saturated carbocycles. The van der Waals surface area contributed by atoms with Gasteiger partial charge in [0.25, 0.3) is 5.91 Å². The lowest BCUT2D eigenvalue weighted by Crippen LogP contribution is -2.14. The number of aromatic nitrogens is 6. The van der Waals surface area contributed by atoms with Gasteiger partial charge in [-0.2, -0.15) is 10.1 Å². The molecule has 23 heavy (non-hydrogen) atoms. The van der Waals surface area contributed by atoms with Gasteiger partial charge in [0.05, 0.1) is 16.6 Å². The van der Waals surface area contributed by atoms with Gasteiger partial charge in [-0.3, -0.25) is 19.9 Å². The zero-order valence-corrected chi connectivity index (χ0v) is 13.8. The van der Waals surface area contributed by atoms with Crippen LogP contribution in [0.3, 0.4) is 0 Å². The van der Waals surface area contributed by atoms with Crippen molar-refractivity contribution in [3.63, 3.8) is 0 Å². The minimum atomic E-state index is -0.272. The third-order valence-corrected chi connectivity index (χ3v) is 3.62. The van der Waals surface area contributed by atoms with Gasteiger partial charge in [-0.05, 0) is 19.9 Å². The van der Waals surface area contributed by atoms with Gasteiger partial charge in [0.15, 0.2) is 5.65 Å². The van der Waals surface area contributed by atoms with Crippen molar-refractivity contribution in [2.24, 2.45) is 7.05 Å². The van der Waals surface area contributed by atoms with Crippen molar-refractivity contribution >= 4 is 22.9 Å². The maximum absolute atomic E-state index is 12.7. The van der Waals surface area contributed by atoms with Crippen LogP contribution in [0.25, 0.3) is 11.0 Å². The predicted molar refractivity (Wildman–Crippen MR) is 86.4 cm³/mol. The molecule has 0 bridgehead atoms. The number of nitrogens with one attached hydrogen (secondary N) is 2. The number of pyridine rings is 1. The first-order chi connectivity index (χ1) is 10.9. The fourth-order valence-corrected chi connectivity index (χ4v) is 2.51. The van der Waals surface area contributed by atoms with Crippen LogP contribution in [0.1, 0.15) is 47.3 Å². The zero-order chi connectivity index (χ0) is 16.7. The van der Waals surface area contributed by atoms with Crippen LogP contribution in [0.15, 0.2) is 6.07 Å². The van der Waals surface area contributed by atoms with Crippen molar-refractivity contribution in [1.29, 1.82) is 0 Å². The predicted octanol–water partition coefficient (Wildman–Crippen LogP) is 2.08. The summed E-state index contributed by atoms with van der Waals surface area (Å²) < 4.78 is 1.68. The van der Waals surface area contributed by atoms with Gasteiger partial charge in [0.1, 0.15) is 5.82 Å². The SMILES string of the molecule is Cc1cc(C(=O)Nc2n[nH]c(C(C)C)n2)c2c(C)nn(C)c2n1. The van der Waals surface area contributed by atoms with Crippen molar-refractivity contribution in [2.75, 3.05) is 5.32 Å². The monoisotopic (exact) mass is 313 g/mol. The van der Waals surface area contributed by atoms with Gasteiger partial charge in [-0.15, -0.1) is 5.10 Å². The molecule has 0 spiro atoms. The Bertz CT molecular complexity index is 891. The number of fused-ring (bicyclic) bond motifs is 1. The highest BCUT2D eigenvalue weighted by Gasteiger charge is 2.19. The maximum atomic E-state index is 12.7. The van der Waals surface area contributed by atoms with Crippen LogP contribution in [-0.2, 0) is 7.05 Å². The third-order valence-electron chi connectivity index (χ3n) is 3.62. The highest BCUT2D eigenvalue weighted by Crippen LogP contribution is 2.22. The minimum absolute atomic E-state index is 0.212. The minimum Gasteiger partial charge on any atom is -0.289 e. The summed E-state index contributed by atoms with van der Waals surface area (Å²) in [6, 6.07) is 1.75. The third kappa shape index (κ3) is 2.67. The number of hydrogen-bond donors (Lipinski definition) is 2. The first kappa shape index (κ1) is 15.1. The largest absolute Gasteiger partial charge is 0.289 e. The van der Waals surface area contributed by atoms with Gasteiger partial charge in [0, 0.05) is 18.7 Å². The lowest BCUT2D eigenvalue weighted by atomic mass is 10.1. The van der Waals surface area contributed by atoms with E-state index in [0.29, 0.717) is 11.2 Å². The molecule has 3 rings (SSSR count). The number of carbonyl (C=O) groups excluding carboxylic acids is 1. The molecule has 3 aromatic rings. The summed E-state index contributed by atoms with van der Waals surface area (Å²) in [4.78, 5) is 21.4. The fraction of sp³-hybridized carbons (Fsp3) is 0.400. The standard InChI is InChI=1S/C15H19N7O/c1-7(2)12-17-15(20-19-12)18-14(23)10-6-8(3)16-13-11(10)9(4)21-22(13)5/h6-7H,1-5H3,(H2,17,18,19,20,23). The molecule has 8 nitrogen and oxygen atoms in total. The lowest BCUT2D eigenvalue weighted by Gasteiger charge is -2.05. The smallest absolute Gasteiger partial charge is 0.258 e. The summed E-state index contributed by atoms with van der Waals surface area (Å²) in [5.41, 5.74) is 2.72. The Morgan fingerprint density at radius 3 is 2.70 bits per heavy atom. The second-order valence-corrected chi connectivity index (χ2v) is 5.87. The van der Waals surface area contributed by atoms with Crippen molar-refractivity contribution in [2.45, 2.75) is 33.6 Å². The lowest BCUT2D eigenvalue weighted by molar-refractivity contribution is 0.102. The Labute approximate surface area is 133 Å². The van der Waals surface area contributed by atoms with E-state index in [1.165, 1.54) is 0 Å². The van der Waals surface area contributed by atoms with Crippen LogP contribution >= 0.6 is 0 Å². The van der Waals surface area contributed by atoms with Crippen molar-refractivity contribution in [3.05, 3.63) is 28.8 Å². The Morgan fingerprint density at radius 1 is 1.30 bits per heavy atom. The summed E-state index contributed by atoms with van der Waals surface area (Å²) in [7, 11) is 1.81. The molecular formula is C15H19N7O. The summed E-state index contributed by atoms with van der Waals surface area (Å²) in [5, 5.41) is 14.7. The first-order valence-electron chi connectivity index (χ1n) is 7.41. The quantitative estimate of drug-likeness (QED) is 0.771. The Balaban J connectivity index is 2.00. The van der Waals surface area contributed by atoms with E-state index >= 15 is 0 Å². The number of H-pyrrole nitrogens is 1. The summed E-state index contributed by atoms with van der Waals surface area (Å²) in [6.07, 6.45) is 0. The molecule has 0 aliphatic carbocycles. The molecule has 0 unspecified atom stereocenters. The van der Waals surface area contributed by atoms with E-state index in [-0.39, 0.29) is 17.8 Å². The molecule has 0 saturated heterocycles. The molecule has 3 heterocycles. The van der Waals surface area contributed by atoms with E-state index in [1.54, 1.807) is 10.7 Å². The summed E-state index contributed by atoms with van der Waals surface area (Å²) in [6.45, 7) is 7.71. The number of nitrogens with zero attached hydrogens (tertiary/aromatic N) is 5. The van der Waals surface area contributed by atoms with Crippen molar-refractivity contribution in [1.82, 2.24) is 29.9 Å². The van der Waals surface area contributed by atoms with Crippen LogP contribution in [-0.4, -0.2) is 35.9 Å². The van der Waals surface area contributed by atoms with Gasteiger partial charge in [-0.1, -0.05) is 13.8 Å². The van der Waals surface area contributed by atoms with Gasteiger partial charge >= 0.3 is 0 Å². The molecule has 3 aromatic heterocycles.